The zero-order valence-electron chi connectivity index (χ0n) is 14.6. The number of H-pyrrole nitrogens is 1. The molecule has 0 atom stereocenters. The standard InChI is InChI=1S/C22H19FN2O/c1-26-18-12-10-16(11-13-18)14-22-24-20-8-4-5-9-21(20)25(22)15-17-6-2-3-7-19(17)23/h2-13H,14-15H2,1H3/p+1. The maximum absolute atomic E-state index is 14.2. The van der Waals surface area contributed by atoms with Crippen LogP contribution in [0.1, 0.15) is 17.0 Å². The summed E-state index contributed by atoms with van der Waals surface area (Å²) in [7, 11) is 1.66. The molecule has 0 radical (unpaired) electrons. The average Bonchev–Trinajstić information content (AvgIpc) is 3.01. The first kappa shape index (κ1) is 16.3. The monoisotopic (exact) mass is 347 g/mol. The number of nitrogens with one attached hydrogen (secondary N) is 1. The minimum absolute atomic E-state index is 0.180. The fraction of sp³-hybridized carbons (Fsp3) is 0.136. The highest BCUT2D eigenvalue weighted by atomic mass is 19.1. The summed E-state index contributed by atoms with van der Waals surface area (Å²) < 4.78 is 21.6. The SMILES string of the molecule is COc1ccc(Cc2[nH]c3ccccc3[n+]2Cc2ccccc2F)cc1. The van der Waals surface area contributed by atoms with Crippen LogP contribution in [0.25, 0.3) is 11.0 Å². The highest BCUT2D eigenvalue weighted by Crippen LogP contribution is 2.17. The van der Waals surface area contributed by atoms with E-state index in [9.17, 15) is 4.39 Å². The van der Waals surface area contributed by atoms with Gasteiger partial charge >= 0.3 is 0 Å². The Balaban J connectivity index is 1.74. The van der Waals surface area contributed by atoms with Gasteiger partial charge in [-0.3, -0.25) is 0 Å². The second-order valence-corrected chi connectivity index (χ2v) is 6.29. The van der Waals surface area contributed by atoms with Crippen LogP contribution in [0.2, 0.25) is 0 Å². The van der Waals surface area contributed by atoms with Crippen LogP contribution >= 0.6 is 0 Å². The third kappa shape index (κ3) is 3.18. The number of imidazole rings is 1. The van der Waals surface area contributed by atoms with Crippen molar-refractivity contribution >= 4 is 11.0 Å². The molecule has 0 spiro atoms. The van der Waals surface area contributed by atoms with Gasteiger partial charge in [0.05, 0.1) is 13.5 Å². The van der Waals surface area contributed by atoms with Crippen LogP contribution in [0.3, 0.4) is 0 Å². The van der Waals surface area contributed by atoms with Crippen molar-refractivity contribution in [2.75, 3.05) is 7.11 Å². The Hall–Kier alpha value is -3.14. The summed E-state index contributed by atoms with van der Waals surface area (Å²) in [6.07, 6.45) is 0.729. The molecule has 26 heavy (non-hydrogen) atoms. The third-order valence-corrected chi connectivity index (χ3v) is 4.62. The lowest BCUT2D eigenvalue weighted by Gasteiger charge is -2.05. The molecule has 0 fully saturated rings. The normalized spacial score (nSPS) is 11.0. The van der Waals surface area contributed by atoms with Gasteiger partial charge in [-0.25, -0.2) is 13.9 Å². The number of para-hydroxylation sites is 2. The number of halogens is 1. The Labute approximate surface area is 151 Å². The molecule has 1 N–H and O–H groups in total. The van der Waals surface area contributed by atoms with E-state index in [4.69, 9.17) is 4.74 Å². The van der Waals surface area contributed by atoms with E-state index in [0.717, 1.165) is 29.0 Å². The van der Waals surface area contributed by atoms with Crippen LogP contribution in [0, 0.1) is 5.82 Å². The molecule has 4 heteroatoms. The second kappa shape index (κ2) is 7.00. The van der Waals surface area contributed by atoms with Gasteiger partial charge in [0.2, 0.25) is 0 Å². The highest BCUT2D eigenvalue weighted by Gasteiger charge is 2.20. The molecule has 4 rings (SSSR count). The molecular formula is C22H20FN2O+. The Morgan fingerprint density at radius 1 is 0.923 bits per heavy atom. The summed E-state index contributed by atoms with van der Waals surface area (Å²) in [5.74, 6) is 1.70. The molecule has 3 aromatic carbocycles. The molecule has 1 aromatic heterocycles. The van der Waals surface area contributed by atoms with Gasteiger partial charge in [-0.05, 0) is 35.9 Å². The number of nitrogens with zero attached hydrogens (tertiary/aromatic N) is 1. The number of methoxy groups -OCH3 is 1. The number of aromatic nitrogens is 2. The molecule has 3 nitrogen and oxygen atoms in total. The molecule has 0 amide bonds. The van der Waals surface area contributed by atoms with E-state index >= 15 is 0 Å². The van der Waals surface area contributed by atoms with Crippen LogP contribution < -0.4 is 9.30 Å². The molecule has 0 bridgehead atoms. The molecule has 130 valence electrons. The summed E-state index contributed by atoms with van der Waals surface area (Å²) in [5.41, 5.74) is 3.96. The number of rotatable bonds is 5. The van der Waals surface area contributed by atoms with Crippen molar-refractivity contribution < 1.29 is 13.7 Å². The van der Waals surface area contributed by atoms with Gasteiger partial charge in [0.25, 0.3) is 5.82 Å². The minimum Gasteiger partial charge on any atom is -0.497 e. The lowest BCUT2D eigenvalue weighted by molar-refractivity contribution is -0.669. The first-order chi connectivity index (χ1) is 12.7. The van der Waals surface area contributed by atoms with Crippen LogP contribution in [-0.2, 0) is 13.0 Å². The van der Waals surface area contributed by atoms with Crippen molar-refractivity contribution in [2.24, 2.45) is 0 Å². The van der Waals surface area contributed by atoms with Crippen molar-refractivity contribution in [3.63, 3.8) is 0 Å². The van der Waals surface area contributed by atoms with E-state index in [1.165, 1.54) is 11.6 Å². The summed E-state index contributed by atoms with van der Waals surface area (Å²) in [6.45, 7) is 0.488. The highest BCUT2D eigenvalue weighted by molar-refractivity contribution is 5.71. The van der Waals surface area contributed by atoms with Gasteiger partial charge in [0.15, 0.2) is 11.0 Å². The van der Waals surface area contributed by atoms with E-state index in [1.54, 1.807) is 13.2 Å². The van der Waals surface area contributed by atoms with Gasteiger partial charge in [0.1, 0.15) is 18.1 Å². The number of hydrogen-bond donors (Lipinski definition) is 1. The summed E-state index contributed by atoms with van der Waals surface area (Å²) in [5, 5.41) is 0. The van der Waals surface area contributed by atoms with Gasteiger partial charge in [-0.2, -0.15) is 0 Å². The van der Waals surface area contributed by atoms with E-state index in [0.29, 0.717) is 12.1 Å². The Kier molecular flexibility index (Phi) is 4.40. The van der Waals surface area contributed by atoms with Crippen molar-refractivity contribution in [1.29, 1.82) is 0 Å². The zero-order chi connectivity index (χ0) is 17.9. The van der Waals surface area contributed by atoms with Crippen molar-refractivity contribution in [1.82, 2.24) is 4.98 Å². The predicted octanol–water partition coefficient (Wildman–Crippen LogP) is 4.24. The predicted molar refractivity (Wildman–Crippen MR) is 99.8 cm³/mol. The quantitative estimate of drug-likeness (QED) is 0.538. The van der Waals surface area contributed by atoms with Crippen molar-refractivity contribution in [3.05, 3.63) is 95.6 Å². The number of benzene rings is 3. The summed E-state index contributed by atoms with van der Waals surface area (Å²) in [4.78, 5) is 3.49. The van der Waals surface area contributed by atoms with E-state index in [2.05, 4.69) is 27.8 Å². The molecule has 0 aliphatic carbocycles. The largest absolute Gasteiger partial charge is 0.497 e. The van der Waals surface area contributed by atoms with Crippen LogP contribution in [0.15, 0.2) is 72.8 Å². The first-order valence-corrected chi connectivity index (χ1v) is 8.60. The molecule has 0 saturated heterocycles. The summed E-state index contributed by atoms with van der Waals surface area (Å²) >= 11 is 0. The van der Waals surface area contributed by atoms with Crippen LogP contribution in [0.4, 0.5) is 4.39 Å². The molecular weight excluding hydrogens is 327 g/mol. The van der Waals surface area contributed by atoms with Crippen molar-refractivity contribution in [2.45, 2.75) is 13.0 Å². The zero-order valence-corrected chi connectivity index (χ0v) is 14.6. The molecule has 0 aliphatic rings. The number of aromatic amines is 1. The Bertz CT molecular complexity index is 1040. The number of ether oxygens (including phenoxy) is 1. The van der Waals surface area contributed by atoms with E-state index < -0.39 is 0 Å². The second-order valence-electron chi connectivity index (χ2n) is 6.29. The molecule has 0 saturated carbocycles. The maximum atomic E-state index is 14.2. The lowest BCUT2D eigenvalue weighted by Crippen LogP contribution is -2.38. The van der Waals surface area contributed by atoms with Crippen LogP contribution in [0.5, 0.6) is 5.75 Å². The topological polar surface area (TPSA) is 28.9 Å². The minimum atomic E-state index is -0.180. The Morgan fingerprint density at radius 3 is 2.42 bits per heavy atom. The fourth-order valence-corrected chi connectivity index (χ4v) is 3.24. The third-order valence-electron chi connectivity index (χ3n) is 4.62. The summed E-state index contributed by atoms with van der Waals surface area (Å²) in [6, 6.07) is 23.1. The van der Waals surface area contributed by atoms with Crippen LogP contribution in [-0.4, -0.2) is 12.1 Å². The fourth-order valence-electron chi connectivity index (χ4n) is 3.24. The number of fused-ring (bicyclic) bond motifs is 1. The molecule has 4 aromatic rings. The molecule has 0 unspecified atom stereocenters. The van der Waals surface area contributed by atoms with Gasteiger partial charge in [-0.15, -0.1) is 0 Å². The van der Waals surface area contributed by atoms with Crippen molar-refractivity contribution in [3.8, 4) is 5.75 Å². The maximum Gasteiger partial charge on any atom is 0.259 e. The first-order valence-electron chi connectivity index (χ1n) is 8.60. The molecule has 1 heterocycles. The van der Waals surface area contributed by atoms with Gasteiger partial charge < -0.3 is 4.74 Å². The van der Waals surface area contributed by atoms with E-state index in [1.807, 2.05) is 42.5 Å². The number of hydrogen-bond acceptors (Lipinski definition) is 1. The molecule has 0 aliphatic heterocycles. The van der Waals surface area contributed by atoms with Gasteiger partial charge in [-0.1, -0.05) is 42.5 Å². The van der Waals surface area contributed by atoms with E-state index in [-0.39, 0.29) is 5.82 Å². The smallest absolute Gasteiger partial charge is 0.259 e. The Morgan fingerprint density at radius 2 is 1.65 bits per heavy atom. The average molecular weight is 347 g/mol. The lowest BCUT2D eigenvalue weighted by atomic mass is 10.1. The van der Waals surface area contributed by atoms with Gasteiger partial charge in [0, 0.05) is 5.56 Å².